The van der Waals surface area contributed by atoms with Gasteiger partial charge in [0, 0.05) is 32.6 Å². The van der Waals surface area contributed by atoms with Crippen LogP contribution < -0.4 is 4.74 Å². The fourth-order valence-corrected chi connectivity index (χ4v) is 3.76. The van der Waals surface area contributed by atoms with E-state index < -0.39 is 0 Å². The number of esters is 1. The van der Waals surface area contributed by atoms with E-state index in [0.29, 0.717) is 5.56 Å². The second-order valence-corrected chi connectivity index (χ2v) is 6.30. The minimum Gasteiger partial charge on any atom is -0.497 e. The first-order valence-electron chi connectivity index (χ1n) is 8.32. The van der Waals surface area contributed by atoms with Crippen molar-refractivity contribution >= 4 is 49.6 Å². The number of hydrogen-bond donors (Lipinski definition) is 2. The SMILES string of the molecule is COC(=O)c1cc2c3ccccc3[nH]c2c2c1[nH]c1ccc(OC)cc12. The summed E-state index contributed by atoms with van der Waals surface area (Å²) in [4.78, 5) is 19.3. The zero-order chi connectivity index (χ0) is 17.8. The predicted octanol–water partition coefficient (Wildman–Crippen LogP) is 4.75. The number of benzene rings is 3. The van der Waals surface area contributed by atoms with Crippen LogP contribution in [-0.4, -0.2) is 30.2 Å². The number of carbonyl (C=O) groups is 1. The van der Waals surface area contributed by atoms with E-state index in [0.717, 1.165) is 49.4 Å². The van der Waals surface area contributed by atoms with Gasteiger partial charge in [0.2, 0.25) is 0 Å². The number of nitrogens with one attached hydrogen (secondary N) is 2. The number of methoxy groups -OCH3 is 2. The predicted molar refractivity (Wildman–Crippen MR) is 103 cm³/mol. The number of ether oxygens (including phenoxy) is 2. The lowest BCUT2D eigenvalue weighted by Gasteiger charge is -2.04. The van der Waals surface area contributed by atoms with E-state index in [-0.39, 0.29) is 5.97 Å². The molecule has 0 aliphatic heterocycles. The molecule has 0 aliphatic rings. The monoisotopic (exact) mass is 344 g/mol. The Kier molecular flexibility index (Phi) is 3.00. The van der Waals surface area contributed by atoms with Gasteiger partial charge in [-0.1, -0.05) is 18.2 Å². The van der Waals surface area contributed by atoms with Gasteiger partial charge >= 0.3 is 5.97 Å². The number of fused-ring (bicyclic) bond motifs is 7. The molecule has 0 saturated heterocycles. The van der Waals surface area contributed by atoms with Crippen LogP contribution in [0.15, 0.2) is 48.5 Å². The van der Waals surface area contributed by atoms with Gasteiger partial charge in [0.25, 0.3) is 0 Å². The average molecular weight is 344 g/mol. The molecule has 128 valence electrons. The maximum Gasteiger partial charge on any atom is 0.340 e. The first-order valence-corrected chi connectivity index (χ1v) is 8.32. The van der Waals surface area contributed by atoms with Gasteiger partial charge in [-0.2, -0.15) is 0 Å². The summed E-state index contributed by atoms with van der Waals surface area (Å²) in [5.41, 5.74) is 4.25. The summed E-state index contributed by atoms with van der Waals surface area (Å²) in [7, 11) is 3.05. The third kappa shape index (κ3) is 1.88. The Labute approximate surface area is 148 Å². The second kappa shape index (κ2) is 5.26. The van der Waals surface area contributed by atoms with E-state index in [9.17, 15) is 4.79 Å². The number of aromatic amines is 2. The molecule has 0 atom stereocenters. The summed E-state index contributed by atoms with van der Waals surface area (Å²) < 4.78 is 10.4. The summed E-state index contributed by atoms with van der Waals surface area (Å²) in [6.07, 6.45) is 0. The van der Waals surface area contributed by atoms with Gasteiger partial charge in [-0.3, -0.25) is 0 Å². The maximum atomic E-state index is 12.5. The van der Waals surface area contributed by atoms with Gasteiger partial charge in [0.05, 0.1) is 30.8 Å². The van der Waals surface area contributed by atoms with Crippen molar-refractivity contribution in [1.29, 1.82) is 0 Å². The third-order valence-electron chi connectivity index (χ3n) is 4.97. The van der Waals surface area contributed by atoms with Crippen LogP contribution in [0.1, 0.15) is 10.4 Å². The number of rotatable bonds is 2. The first kappa shape index (κ1) is 14.8. The maximum absolute atomic E-state index is 12.5. The molecule has 0 spiro atoms. The van der Waals surface area contributed by atoms with Gasteiger partial charge in [0.15, 0.2) is 0 Å². The summed E-state index contributed by atoms with van der Waals surface area (Å²) in [6, 6.07) is 15.8. The minimum atomic E-state index is -0.360. The van der Waals surface area contributed by atoms with Gasteiger partial charge in [-0.15, -0.1) is 0 Å². The number of carbonyl (C=O) groups excluding carboxylic acids is 1. The highest BCUT2D eigenvalue weighted by Gasteiger charge is 2.20. The van der Waals surface area contributed by atoms with Crippen LogP contribution in [0.25, 0.3) is 43.6 Å². The Bertz CT molecular complexity index is 1330. The molecule has 2 heterocycles. The van der Waals surface area contributed by atoms with Crippen LogP contribution >= 0.6 is 0 Å². The van der Waals surface area contributed by atoms with E-state index in [1.54, 1.807) is 7.11 Å². The lowest BCUT2D eigenvalue weighted by Crippen LogP contribution is -2.02. The molecule has 0 fully saturated rings. The molecule has 3 aromatic carbocycles. The summed E-state index contributed by atoms with van der Waals surface area (Å²) in [5.74, 6) is 0.409. The zero-order valence-corrected chi connectivity index (χ0v) is 14.3. The summed E-state index contributed by atoms with van der Waals surface area (Å²) >= 11 is 0. The number of H-pyrrole nitrogens is 2. The largest absolute Gasteiger partial charge is 0.497 e. The van der Waals surface area contributed by atoms with Crippen LogP contribution in [0.5, 0.6) is 5.75 Å². The van der Waals surface area contributed by atoms with Crippen molar-refractivity contribution in [3.63, 3.8) is 0 Å². The number of para-hydroxylation sites is 1. The molecule has 0 amide bonds. The second-order valence-electron chi connectivity index (χ2n) is 6.30. The van der Waals surface area contributed by atoms with Crippen LogP contribution in [0, 0.1) is 0 Å². The molecule has 5 rings (SSSR count). The van der Waals surface area contributed by atoms with Crippen LogP contribution in [0.2, 0.25) is 0 Å². The molecule has 2 aromatic heterocycles. The van der Waals surface area contributed by atoms with Gasteiger partial charge < -0.3 is 19.4 Å². The molecule has 5 heteroatoms. The van der Waals surface area contributed by atoms with Crippen LogP contribution in [0.3, 0.4) is 0 Å². The molecular weight excluding hydrogens is 328 g/mol. The van der Waals surface area contributed by atoms with E-state index in [4.69, 9.17) is 9.47 Å². The quantitative estimate of drug-likeness (QED) is 0.454. The van der Waals surface area contributed by atoms with E-state index in [1.807, 2.05) is 42.5 Å². The lowest BCUT2D eigenvalue weighted by molar-refractivity contribution is 0.0603. The fourth-order valence-electron chi connectivity index (χ4n) is 3.76. The van der Waals surface area contributed by atoms with Crippen LogP contribution in [-0.2, 0) is 4.74 Å². The normalized spacial score (nSPS) is 11.6. The molecule has 0 saturated carbocycles. The highest BCUT2D eigenvalue weighted by atomic mass is 16.5. The summed E-state index contributed by atoms with van der Waals surface area (Å²) in [6.45, 7) is 0. The third-order valence-corrected chi connectivity index (χ3v) is 4.97. The molecule has 0 bridgehead atoms. The molecule has 5 nitrogen and oxygen atoms in total. The zero-order valence-electron chi connectivity index (χ0n) is 14.3. The van der Waals surface area contributed by atoms with Crippen molar-refractivity contribution in [2.24, 2.45) is 0 Å². The van der Waals surface area contributed by atoms with Gasteiger partial charge in [-0.05, 0) is 30.3 Å². The van der Waals surface area contributed by atoms with E-state index in [1.165, 1.54) is 7.11 Å². The molecular formula is C21H16N2O3. The van der Waals surface area contributed by atoms with Crippen LogP contribution in [0.4, 0.5) is 0 Å². The van der Waals surface area contributed by atoms with Crippen molar-refractivity contribution in [3.05, 3.63) is 54.1 Å². The summed E-state index contributed by atoms with van der Waals surface area (Å²) in [5, 5.41) is 4.04. The molecule has 0 unspecified atom stereocenters. The topological polar surface area (TPSA) is 67.1 Å². The molecule has 0 aliphatic carbocycles. The van der Waals surface area contributed by atoms with E-state index in [2.05, 4.69) is 16.0 Å². The Morgan fingerprint density at radius 2 is 1.62 bits per heavy atom. The first-order chi connectivity index (χ1) is 12.7. The van der Waals surface area contributed by atoms with Gasteiger partial charge in [-0.25, -0.2) is 4.79 Å². The standard InChI is InChI=1S/C21H16N2O3/c1-25-11-7-8-17-14(9-11)18-19-13(12-5-3-4-6-16(12)22-19)10-15(20(18)23-17)21(24)26-2/h3-10,22-23H,1-2H3. The molecule has 2 N–H and O–H groups in total. The van der Waals surface area contributed by atoms with Crippen molar-refractivity contribution in [1.82, 2.24) is 9.97 Å². The van der Waals surface area contributed by atoms with Gasteiger partial charge in [0.1, 0.15) is 5.75 Å². The Morgan fingerprint density at radius 3 is 2.42 bits per heavy atom. The Morgan fingerprint density at radius 1 is 0.846 bits per heavy atom. The van der Waals surface area contributed by atoms with Crippen molar-refractivity contribution < 1.29 is 14.3 Å². The molecule has 26 heavy (non-hydrogen) atoms. The highest BCUT2D eigenvalue weighted by Crippen LogP contribution is 2.38. The number of hydrogen-bond acceptors (Lipinski definition) is 3. The molecule has 0 radical (unpaired) electrons. The van der Waals surface area contributed by atoms with E-state index >= 15 is 0 Å². The van der Waals surface area contributed by atoms with Crippen molar-refractivity contribution in [3.8, 4) is 5.75 Å². The Balaban J connectivity index is 2.06. The molecule has 5 aromatic rings. The van der Waals surface area contributed by atoms with Crippen molar-refractivity contribution in [2.45, 2.75) is 0 Å². The van der Waals surface area contributed by atoms with Crippen molar-refractivity contribution in [2.75, 3.05) is 14.2 Å². The minimum absolute atomic E-state index is 0.360. The lowest BCUT2D eigenvalue weighted by atomic mass is 10.0. The Hall–Kier alpha value is -3.47. The fraction of sp³-hybridized carbons (Fsp3) is 0.0952. The average Bonchev–Trinajstić information content (AvgIpc) is 3.24. The number of aromatic nitrogens is 2. The smallest absolute Gasteiger partial charge is 0.340 e. The highest BCUT2D eigenvalue weighted by molar-refractivity contribution is 6.28.